The lowest BCUT2D eigenvalue weighted by atomic mass is 9.85. The Morgan fingerprint density at radius 1 is 0.357 bits per heavy atom. The zero-order chi connectivity index (χ0) is 37.0. The zero-order valence-corrected chi connectivity index (χ0v) is 30.9. The highest BCUT2D eigenvalue weighted by molar-refractivity contribution is 6.12. The van der Waals surface area contributed by atoms with Gasteiger partial charge in [0.05, 0.1) is 22.1 Å². The first-order chi connectivity index (χ1) is 27.8. The van der Waals surface area contributed by atoms with Crippen molar-refractivity contribution in [2.75, 3.05) is 0 Å². The van der Waals surface area contributed by atoms with E-state index in [0.29, 0.717) is 5.92 Å². The smallest absolute Gasteiger partial charge is 0.0541 e. The normalized spacial score (nSPS) is 14.2. The summed E-state index contributed by atoms with van der Waals surface area (Å²) < 4.78 is 4.83. The van der Waals surface area contributed by atoms with E-state index in [2.05, 4.69) is 221 Å². The van der Waals surface area contributed by atoms with E-state index in [4.69, 9.17) is 0 Å². The number of allylic oxidation sites excluding steroid dienone is 4. The Hall–Kier alpha value is -7.16. The monoisotopic (exact) mass is 714 g/mol. The molecule has 8 aromatic carbocycles. The van der Waals surface area contributed by atoms with E-state index < -0.39 is 0 Å². The molecule has 2 heteroatoms. The summed E-state index contributed by atoms with van der Waals surface area (Å²) in [6, 6.07) is 71.0. The SMILES string of the molecule is C1=CC(c2ccccc2)CC(c2cccc(-n3c4ccccc4c4cc(-c5ccc6c(c5)c5ccccc5n6-c5ccc(-c6ccccc6)cc5)ccc43)c2)=C1. The minimum absolute atomic E-state index is 0.383. The van der Waals surface area contributed by atoms with Crippen molar-refractivity contribution in [2.24, 2.45) is 0 Å². The summed E-state index contributed by atoms with van der Waals surface area (Å²) in [5.74, 6) is 0.383. The van der Waals surface area contributed by atoms with Crippen LogP contribution in [0.25, 0.3) is 82.8 Å². The number of benzene rings is 8. The number of hydrogen-bond donors (Lipinski definition) is 0. The lowest BCUT2D eigenvalue weighted by Crippen LogP contribution is -2.01. The molecule has 0 bridgehead atoms. The molecule has 1 unspecified atom stereocenters. The summed E-state index contributed by atoms with van der Waals surface area (Å²) in [5, 5.41) is 5.03. The number of rotatable bonds is 6. The molecule has 2 aromatic heterocycles. The van der Waals surface area contributed by atoms with Crippen LogP contribution in [0, 0.1) is 0 Å². The Morgan fingerprint density at radius 2 is 0.875 bits per heavy atom. The standard InChI is InChI=1S/C54H38N2/c1-3-13-37(14-4-1)39-25-29-45(30-26-39)55-51-23-9-7-21-47(51)49-35-43(27-31-53(49)55)44-28-32-54-50(36-44)48-22-8-10-24-52(48)56(54)46-20-12-19-42(34-46)41-18-11-17-40(33-41)38-15-5-2-6-16-38/h1-32,34-36,40H,33H2. The molecule has 0 spiro atoms. The quantitative estimate of drug-likeness (QED) is 0.162. The summed E-state index contributed by atoms with van der Waals surface area (Å²) in [6.45, 7) is 0. The second kappa shape index (κ2) is 13.3. The van der Waals surface area contributed by atoms with Crippen molar-refractivity contribution < 1.29 is 0 Å². The highest BCUT2D eigenvalue weighted by Gasteiger charge is 2.18. The third-order valence-corrected chi connectivity index (χ3v) is 11.7. The molecule has 0 fully saturated rings. The van der Waals surface area contributed by atoms with Crippen LogP contribution in [-0.2, 0) is 0 Å². The molecular formula is C54H38N2. The van der Waals surface area contributed by atoms with E-state index in [0.717, 1.165) is 12.1 Å². The van der Waals surface area contributed by atoms with Gasteiger partial charge in [-0.25, -0.2) is 0 Å². The Kier molecular flexibility index (Phi) is 7.67. The highest BCUT2D eigenvalue weighted by Crippen LogP contribution is 2.40. The molecule has 2 heterocycles. The van der Waals surface area contributed by atoms with E-state index in [1.807, 2.05) is 0 Å². The maximum atomic E-state index is 2.44. The fraction of sp³-hybridized carbons (Fsp3) is 0.0370. The van der Waals surface area contributed by atoms with Crippen molar-refractivity contribution in [3.05, 3.63) is 223 Å². The van der Waals surface area contributed by atoms with Crippen molar-refractivity contribution in [3.8, 4) is 33.6 Å². The van der Waals surface area contributed by atoms with Gasteiger partial charge in [-0.2, -0.15) is 0 Å². The van der Waals surface area contributed by atoms with Crippen LogP contribution < -0.4 is 0 Å². The fourth-order valence-corrected chi connectivity index (χ4v) is 8.96. The summed E-state index contributed by atoms with van der Waals surface area (Å²) in [4.78, 5) is 0. The van der Waals surface area contributed by atoms with Crippen LogP contribution in [0.2, 0.25) is 0 Å². The summed E-state index contributed by atoms with van der Waals surface area (Å²) >= 11 is 0. The van der Waals surface area contributed by atoms with Crippen molar-refractivity contribution in [2.45, 2.75) is 12.3 Å². The lowest BCUT2D eigenvalue weighted by molar-refractivity contribution is 0.867. The first-order valence-electron chi connectivity index (χ1n) is 19.5. The molecule has 0 saturated carbocycles. The Morgan fingerprint density at radius 3 is 1.54 bits per heavy atom. The Bertz CT molecular complexity index is 3140. The molecule has 1 aliphatic rings. The number of para-hydroxylation sites is 2. The number of aromatic nitrogens is 2. The van der Waals surface area contributed by atoms with Crippen LogP contribution in [0.3, 0.4) is 0 Å². The lowest BCUT2D eigenvalue weighted by Gasteiger charge is -2.20. The van der Waals surface area contributed by atoms with Gasteiger partial charge in [0.1, 0.15) is 0 Å². The average molecular weight is 715 g/mol. The molecule has 11 rings (SSSR count). The largest absolute Gasteiger partial charge is 0.309 e. The van der Waals surface area contributed by atoms with Gasteiger partial charge in [-0.1, -0.05) is 152 Å². The summed E-state index contributed by atoms with van der Waals surface area (Å²) in [6.07, 6.45) is 7.83. The minimum atomic E-state index is 0.383. The second-order valence-electron chi connectivity index (χ2n) is 14.9. The van der Waals surface area contributed by atoms with E-state index in [9.17, 15) is 0 Å². The number of hydrogen-bond acceptors (Lipinski definition) is 0. The molecule has 0 saturated heterocycles. The van der Waals surface area contributed by atoms with E-state index >= 15 is 0 Å². The molecule has 0 radical (unpaired) electrons. The minimum Gasteiger partial charge on any atom is -0.309 e. The Balaban J connectivity index is 0.987. The Labute approximate surface area is 326 Å². The van der Waals surface area contributed by atoms with Gasteiger partial charge in [-0.15, -0.1) is 0 Å². The molecule has 264 valence electrons. The van der Waals surface area contributed by atoms with Crippen LogP contribution in [0.15, 0.2) is 212 Å². The van der Waals surface area contributed by atoms with Gasteiger partial charge < -0.3 is 9.13 Å². The fourth-order valence-electron chi connectivity index (χ4n) is 8.96. The van der Waals surface area contributed by atoms with Crippen LogP contribution in [0.4, 0.5) is 0 Å². The number of nitrogens with zero attached hydrogens (tertiary/aromatic N) is 2. The van der Waals surface area contributed by atoms with Gasteiger partial charge in [-0.05, 0) is 106 Å². The van der Waals surface area contributed by atoms with E-state index in [1.54, 1.807) is 0 Å². The van der Waals surface area contributed by atoms with Gasteiger partial charge in [0.25, 0.3) is 0 Å². The molecular weight excluding hydrogens is 677 g/mol. The molecule has 1 aliphatic carbocycles. The van der Waals surface area contributed by atoms with E-state index in [-0.39, 0.29) is 0 Å². The zero-order valence-electron chi connectivity index (χ0n) is 30.9. The summed E-state index contributed by atoms with van der Waals surface area (Å²) in [5.41, 5.74) is 16.1. The van der Waals surface area contributed by atoms with Gasteiger partial charge in [0.15, 0.2) is 0 Å². The second-order valence-corrected chi connectivity index (χ2v) is 14.9. The maximum absolute atomic E-state index is 2.44. The molecule has 10 aromatic rings. The van der Waals surface area contributed by atoms with Crippen molar-refractivity contribution in [3.63, 3.8) is 0 Å². The third-order valence-electron chi connectivity index (χ3n) is 11.7. The van der Waals surface area contributed by atoms with Gasteiger partial charge in [-0.3, -0.25) is 0 Å². The van der Waals surface area contributed by atoms with Crippen molar-refractivity contribution in [1.82, 2.24) is 9.13 Å². The number of fused-ring (bicyclic) bond motifs is 6. The molecule has 2 nitrogen and oxygen atoms in total. The molecule has 0 N–H and O–H groups in total. The molecule has 1 atom stereocenters. The highest BCUT2D eigenvalue weighted by atomic mass is 15.0. The predicted molar refractivity (Wildman–Crippen MR) is 237 cm³/mol. The summed E-state index contributed by atoms with van der Waals surface area (Å²) in [7, 11) is 0. The third kappa shape index (κ3) is 5.41. The maximum Gasteiger partial charge on any atom is 0.0541 e. The molecule has 0 amide bonds. The first-order valence-corrected chi connectivity index (χ1v) is 19.5. The van der Waals surface area contributed by atoms with E-state index in [1.165, 1.54) is 88.3 Å². The van der Waals surface area contributed by atoms with Crippen molar-refractivity contribution in [1.29, 1.82) is 0 Å². The van der Waals surface area contributed by atoms with Crippen LogP contribution in [0.1, 0.15) is 23.5 Å². The topological polar surface area (TPSA) is 9.86 Å². The van der Waals surface area contributed by atoms with Crippen LogP contribution in [-0.4, -0.2) is 9.13 Å². The van der Waals surface area contributed by atoms with Crippen LogP contribution in [0.5, 0.6) is 0 Å². The van der Waals surface area contributed by atoms with Gasteiger partial charge >= 0.3 is 0 Å². The average Bonchev–Trinajstić information content (AvgIpc) is 3.79. The first kappa shape index (κ1) is 32.3. The van der Waals surface area contributed by atoms with Crippen molar-refractivity contribution >= 4 is 49.2 Å². The predicted octanol–water partition coefficient (Wildman–Crippen LogP) is 14.3. The van der Waals surface area contributed by atoms with Crippen LogP contribution >= 0.6 is 0 Å². The molecule has 0 aliphatic heterocycles. The molecule has 56 heavy (non-hydrogen) atoms. The van der Waals surface area contributed by atoms with Gasteiger partial charge in [0, 0.05) is 38.8 Å². The van der Waals surface area contributed by atoms with Gasteiger partial charge in [0.2, 0.25) is 0 Å².